The minimum atomic E-state index is 0.333. The van der Waals surface area contributed by atoms with Crippen molar-refractivity contribution in [2.75, 3.05) is 5.88 Å². The molecule has 0 nitrogen and oxygen atoms in total. The lowest BCUT2D eigenvalue weighted by Crippen LogP contribution is -2.31. The number of allylic oxidation sites excluding steroid dienone is 2. The summed E-state index contributed by atoms with van der Waals surface area (Å²) in [4.78, 5) is 0. The molecular formula is C10H15Cl. The van der Waals surface area contributed by atoms with Crippen LogP contribution in [-0.2, 0) is 0 Å². The van der Waals surface area contributed by atoms with Crippen LogP contribution in [0.5, 0.6) is 0 Å². The van der Waals surface area contributed by atoms with Crippen molar-refractivity contribution in [2.45, 2.75) is 26.7 Å². The Kier molecular flexibility index (Phi) is 1.42. The van der Waals surface area contributed by atoms with Crippen LogP contribution in [0, 0.1) is 16.7 Å². The summed E-state index contributed by atoms with van der Waals surface area (Å²) >= 11 is 6.02. The van der Waals surface area contributed by atoms with Gasteiger partial charge >= 0.3 is 0 Å². The Morgan fingerprint density at radius 2 is 2.27 bits per heavy atom. The second kappa shape index (κ2) is 2.04. The summed E-state index contributed by atoms with van der Waals surface area (Å²) in [5.41, 5.74) is 0.758. The highest BCUT2D eigenvalue weighted by atomic mass is 35.5. The van der Waals surface area contributed by atoms with Crippen molar-refractivity contribution in [3.8, 4) is 0 Å². The second-order valence-corrected chi connectivity index (χ2v) is 4.78. The summed E-state index contributed by atoms with van der Waals surface area (Å²) in [7, 11) is 0. The van der Waals surface area contributed by atoms with Crippen LogP contribution in [0.25, 0.3) is 0 Å². The van der Waals surface area contributed by atoms with Gasteiger partial charge in [-0.3, -0.25) is 0 Å². The predicted octanol–water partition coefficient (Wildman–Crippen LogP) is 3.22. The first-order valence-electron chi connectivity index (χ1n) is 4.38. The molecule has 0 saturated heterocycles. The molecule has 0 aromatic rings. The van der Waals surface area contributed by atoms with Crippen LogP contribution in [0.1, 0.15) is 26.7 Å². The number of alkyl halides is 1. The fourth-order valence-electron chi connectivity index (χ4n) is 2.68. The molecule has 2 bridgehead atoms. The van der Waals surface area contributed by atoms with Gasteiger partial charge in [-0.2, -0.15) is 0 Å². The zero-order valence-corrected chi connectivity index (χ0v) is 7.99. The number of hydrogen-bond donors (Lipinski definition) is 0. The van der Waals surface area contributed by atoms with Gasteiger partial charge in [0.05, 0.1) is 0 Å². The Balaban J connectivity index is 2.41. The topological polar surface area (TPSA) is 0 Å². The predicted molar refractivity (Wildman–Crippen MR) is 48.8 cm³/mol. The quantitative estimate of drug-likeness (QED) is 0.419. The highest BCUT2D eigenvalue weighted by Gasteiger charge is 2.54. The molecule has 1 fully saturated rings. The maximum atomic E-state index is 6.02. The monoisotopic (exact) mass is 170 g/mol. The number of halogens is 1. The average molecular weight is 171 g/mol. The van der Waals surface area contributed by atoms with Gasteiger partial charge in [-0.1, -0.05) is 26.0 Å². The minimum Gasteiger partial charge on any atom is -0.126 e. The van der Waals surface area contributed by atoms with Crippen molar-refractivity contribution >= 4 is 11.6 Å². The Labute approximate surface area is 73.6 Å². The molecule has 0 spiro atoms. The van der Waals surface area contributed by atoms with Crippen LogP contribution in [-0.4, -0.2) is 5.88 Å². The molecule has 1 saturated carbocycles. The molecule has 0 amide bonds. The highest BCUT2D eigenvalue weighted by molar-refractivity contribution is 6.18. The summed E-state index contributed by atoms with van der Waals surface area (Å²) in [5, 5.41) is 0. The van der Waals surface area contributed by atoms with Gasteiger partial charge in [-0.05, 0) is 24.2 Å². The molecule has 0 N–H and O–H groups in total. The minimum absolute atomic E-state index is 0.333. The van der Waals surface area contributed by atoms with E-state index in [-0.39, 0.29) is 0 Å². The van der Waals surface area contributed by atoms with Gasteiger partial charge in [0.1, 0.15) is 0 Å². The molecule has 1 heteroatoms. The zero-order valence-electron chi connectivity index (χ0n) is 7.23. The third-order valence-corrected chi connectivity index (χ3v) is 4.47. The van der Waals surface area contributed by atoms with Crippen LogP contribution in [0.4, 0.5) is 0 Å². The standard InChI is InChI=1S/C10H15Cl/c1-9(2)8-3-5-10(9,7-11)6-4-8/h3,5,8H,4,6-7H2,1-2H3/t8-,10-/m1/s1. The van der Waals surface area contributed by atoms with E-state index in [4.69, 9.17) is 11.6 Å². The molecule has 2 atom stereocenters. The van der Waals surface area contributed by atoms with Gasteiger partial charge in [0.25, 0.3) is 0 Å². The molecule has 0 aromatic carbocycles. The lowest BCUT2D eigenvalue weighted by Gasteiger charge is -2.35. The van der Waals surface area contributed by atoms with Crippen LogP contribution < -0.4 is 0 Å². The summed E-state index contributed by atoms with van der Waals surface area (Å²) in [6.07, 6.45) is 7.36. The molecule has 0 unspecified atom stereocenters. The third-order valence-electron chi connectivity index (χ3n) is 4.00. The van der Waals surface area contributed by atoms with Crippen LogP contribution in [0.3, 0.4) is 0 Å². The van der Waals surface area contributed by atoms with E-state index in [2.05, 4.69) is 26.0 Å². The maximum absolute atomic E-state index is 6.02. The first kappa shape index (κ1) is 7.67. The molecule has 0 radical (unpaired) electrons. The largest absolute Gasteiger partial charge is 0.126 e. The van der Waals surface area contributed by atoms with Crippen molar-refractivity contribution < 1.29 is 0 Å². The van der Waals surface area contributed by atoms with Crippen LogP contribution in [0.2, 0.25) is 0 Å². The fourth-order valence-corrected chi connectivity index (χ4v) is 3.25. The van der Waals surface area contributed by atoms with E-state index in [9.17, 15) is 0 Å². The van der Waals surface area contributed by atoms with E-state index < -0.39 is 0 Å². The molecular weight excluding hydrogens is 156 g/mol. The molecule has 2 aliphatic rings. The fraction of sp³-hybridized carbons (Fsp3) is 0.800. The second-order valence-electron chi connectivity index (χ2n) is 4.52. The van der Waals surface area contributed by atoms with Crippen LogP contribution in [0.15, 0.2) is 12.2 Å². The Morgan fingerprint density at radius 3 is 2.45 bits per heavy atom. The lowest BCUT2D eigenvalue weighted by atomic mass is 9.70. The number of rotatable bonds is 1. The molecule has 0 aliphatic heterocycles. The molecule has 62 valence electrons. The number of fused-ring (bicyclic) bond motifs is 2. The van der Waals surface area contributed by atoms with Gasteiger partial charge in [-0.25, -0.2) is 0 Å². The van der Waals surface area contributed by atoms with Crippen molar-refractivity contribution in [1.29, 1.82) is 0 Å². The highest BCUT2D eigenvalue weighted by Crippen LogP contribution is 2.62. The average Bonchev–Trinajstić information content (AvgIpc) is 2.39. The lowest BCUT2D eigenvalue weighted by molar-refractivity contribution is 0.185. The van der Waals surface area contributed by atoms with E-state index >= 15 is 0 Å². The Bertz CT molecular complexity index is 205. The Hall–Kier alpha value is 0.0300. The van der Waals surface area contributed by atoms with Gasteiger partial charge in [-0.15, -0.1) is 11.6 Å². The van der Waals surface area contributed by atoms with Crippen molar-refractivity contribution in [2.24, 2.45) is 16.7 Å². The maximum Gasteiger partial charge on any atom is 0.0319 e. The summed E-state index contributed by atoms with van der Waals surface area (Å²) in [6.45, 7) is 4.71. The SMILES string of the molecule is CC1(C)[C@@H]2C=C[C@]1(CCl)CC2. The summed E-state index contributed by atoms with van der Waals surface area (Å²) in [5.74, 6) is 1.59. The normalized spacial score (nSPS) is 45.2. The molecule has 0 aromatic heterocycles. The first-order chi connectivity index (χ1) is 5.12. The van der Waals surface area contributed by atoms with Gasteiger partial charge in [0.2, 0.25) is 0 Å². The van der Waals surface area contributed by atoms with Gasteiger partial charge in [0.15, 0.2) is 0 Å². The van der Waals surface area contributed by atoms with E-state index in [0.29, 0.717) is 10.8 Å². The van der Waals surface area contributed by atoms with E-state index in [0.717, 1.165) is 11.8 Å². The Morgan fingerprint density at radius 1 is 1.55 bits per heavy atom. The number of hydrogen-bond acceptors (Lipinski definition) is 0. The first-order valence-corrected chi connectivity index (χ1v) is 4.91. The zero-order chi connectivity index (χ0) is 8.11. The van der Waals surface area contributed by atoms with E-state index in [1.807, 2.05) is 0 Å². The molecule has 0 heterocycles. The van der Waals surface area contributed by atoms with Crippen molar-refractivity contribution in [1.82, 2.24) is 0 Å². The molecule has 2 aliphatic carbocycles. The van der Waals surface area contributed by atoms with Gasteiger partial charge in [0, 0.05) is 11.3 Å². The molecule has 2 rings (SSSR count). The smallest absolute Gasteiger partial charge is 0.0319 e. The van der Waals surface area contributed by atoms with E-state index in [1.54, 1.807) is 0 Å². The van der Waals surface area contributed by atoms with Gasteiger partial charge < -0.3 is 0 Å². The van der Waals surface area contributed by atoms with Crippen molar-refractivity contribution in [3.63, 3.8) is 0 Å². The molecule has 11 heavy (non-hydrogen) atoms. The third kappa shape index (κ3) is 0.717. The van der Waals surface area contributed by atoms with E-state index in [1.165, 1.54) is 12.8 Å². The van der Waals surface area contributed by atoms with Crippen molar-refractivity contribution in [3.05, 3.63) is 12.2 Å². The summed E-state index contributed by atoms with van der Waals surface area (Å²) < 4.78 is 0. The van der Waals surface area contributed by atoms with Crippen LogP contribution >= 0.6 is 11.6 Å². The summed E-state index contributed by atoms with van der Waals surface area (Å²) in [6, 6.07) is 0.